The van der Waals surface area contributed by atoms with E-state index in [2.05, 4.69) is 15.3 Å². The van der Waals surface area contributed by atoms with Gasteiger partial charge in [0.05, 0.1) is 45.7 Å². The zero-order chi connectivity index (χ0) is 18.9. The lowest BCUT2D eigenvalue weighted by atomic mass is 10.1. The average Bonchev–Trinajstić information content (AvgIpc) is 2.66. The number of carbonyl (C=O) groups excluding carboxylic acids is 1. The number of amides is 1. The molecule has 0 heterocycles. The molecule has 1 aromatic carbocycles. The fourth-order valence-corrected chi connectivity index (χ4v) is 2.03. The fourth-order valence-electron chi connectivity index (χ4n) is 2.03. The highest BCUT2D eigenvalue weighted by Gasteiger charge is 2.13. The van der Waals surface area contributed by atoms with Crippen molar-refractivity contribution in [3.8, 4) is 0 Å². The predicted molar refractivity (Wildman–Crippen MR) is 97.6 cm³/mol. The number of nitrogens with two attached hydrogens (primary N) is 1. The molecule has 144 valence electrons. The summed E-state index contributed by atoms with van der Waals surface area (Å²) in [5.74, 6) is -0.188. The molecule has 0 saturated carbocycles. The number of ether oxygens (including phenoxy) is 3. The lowest BCUT2D eigenvalue weighted by Gasteiger charge is -2.12. The van der Waals surface area contributed by atoms with Crippen LogP contribution in [0.3, 0.4) is 0 Å². The second-order valence-corrected chi connectivity index (χ2v) is 5.38. The van der Waals surface area contributed by atoms with Gasteiger partial charge in [0.1, 0.15) is 0 Å². The van der Waals surface area contributed by atoms with Crippen molar-refractivity contribution in [2.24, 2.45) is 10.8 Å². The molecule has 0 radical (unpaired) electrons. The van der Waals surface area contributed by atoms with Crippen molar-refractivity contribution >= 4 is 5.91 Å². The third kappa shape index (κ3) is 11.4. The fraction of sp³-hybridized carbons (Fsp3) is 0.588. The zero-order valence-corrected chi connectivity index (χ0v) is 14.9. The van der Waals surface area contributed by atoms with Gasteiger partial charge in [-0.2, -0.15) is 0 Å². The van der Waals surface area contributed by atoms with Crippen LogP contribution in [0.15, 0.2) is 35.4 Å². The number of carbonyl (C=O) groups is 1. The van der Waals surface area contributed by atoms with Crippen LogP contribution in [-0.2, 0) is 25.4 Å². The van der Waals surface area contributed by atoms with E-state index >= 15 is 0 Å². The lowest BCUT2D eigenvalue weighted by Crippen LogP contribution is -2.43. The summed E-state index contributed by atoms with van der Waals surface area (Å²) >= 11 is 0. The van der Waals surface area contributed by atoms with E-state index in [1.807, 2.05) is 30.3 Å². The first-order valence-corrected chi connectivity index (χ1v) is 8.55. The third-order valence-corrected chi connectivity index (χ3v) is 3.32. The molecule has 3 N–H and O–H groups in total. The maximum Gasteiger partial charge on any atom is 0.237 e. The van der Waals surface area contributed by atoms with Crippen LogP contribution in [0.25, 0.3) is 10.4 Å². The number of nitrogens with one attached hydrogen (secondary N) is 1. The average molecular weight is 365 g/mol. The number of azide groups is 1. The Hall–Kier alpha value is -2.16. The molecule has 1 aromatic rings. The summed E-state index contributed by atoms with van der Waals surface area (Å²) in [6.45, 7) is 3.28. The molecule has 26 heavy (non-hydrogen) atoms. The minimum Gasteiger partial charge on any atom is -0.379 e. The minimum atomic E-state index is -0.570. The molecular formula is C17H27N5O4. The molecule has 1 amide bonds. The van der Waals surface area contributed by atoms with Gasteiger partial charge in [0.2, 0.25) is 5.91 Å². The second-order valence-electron chi connectivity index (χ2n) is 5.38. The quantitative estimate of drug-likeness (QED) is 0.207. The summed E-state index contributed by atoms with van der Waals surface area (Å²) in [5.41, 5.74) is 15.0. The van der Waals surface area contributed by atoms with Crippen LogP contribution in [0.2, 0.25) is 0 Å². The molecule has 0 bridgehead atoms. The molecule has 1 atom stereocenters. The van der Waals surface area contributed by atoms with E-state index in [1.54, 1.807) is 0 Å². The molecular weight excluding hydrogens is 338 g/mol. The summed E-state index contributed by atoms with van der Waals surface area (Å²) < 4.78 is 15.9. The highest BCUT2D eigenvalue weighted by molar-refractivity contribution is 5.81. The summed E-state index contributed by atoms with van der Waals surface area (Å²) in [6, 6.07) is 9.09. The molecule has 0 aliphatic carbocycles. The molecule has 9 heteroatoms. The first-order valence-electron chi connectivity index (χ1n) is 8.55. The van der Waals surface area contributed by atoms with Crippen LogP contribution in [0.4, 0.5) is 0 Å². The van der Waals surface area contributed by atoms with Crippen molar-refractivity contribution in [2.75, 3.05) is 52.7 Å². The van der Waals surface area contributed by atoms with Gasteiger partial charge in [0, 0.05) is 18.0 Å². The van der Waals surface area contributed by atoms with Crippen molar-refractivity contribution in [2.45, 2.75) is 12.5 Å². The van der Waals surface area contributed by atoms with Crippen LogP contribution in [0, 0.1) is 0 Å². The van der Waals surface area contributed by atoms with Gasteiger partial charge in [0.15, 0.2) is 0 Å². The van der Waals surface area contributed by atoms with Crippen LogP contribution in [0.1, 0.15) is 5.56 Å². The molecule has 0 spiro atoms. The van der Waals surface area contributed by atoms with Gasteiger partial charge in [-0.15, -0.1) is 0 Å². The Morgan fingerprint density at radius 3 is 2.35 bits per heavy atom. The Morgan fingerprint density at radius 2 is 1.69 bits per heavy atom. The van der Waals surface area contributed by atoms with Gasteiger partial charge in [0.25, 0.3) is 0 Å². The van der Waals surface area contributed by atoms with E-state index < -0.39 is 6.04 Å². The summed E-state index contributed by atoms with van der Waals surface area (Å²) in [5, 5.41) is 6.10. The predicted octanol–water partition coefficient (Wildman–Crippen LogP) is 1.03. The first kappa shape index (κ1) is 21.9. The SMILES string of the molecule is [N-]=[N+]=NCCOCCOCCOCCNC(=O)C(N)Cc1ccccc1. The van der Waals surface area contributed by atoms with Crippen molar-refractivity contribution in [3.63, 3.8) is 0 Å². The van der Waals surface area contributed by atoms with E-state index in [9.17, 15) is 4.79 Å². The molecule has 1 unspecified atom stereocenters. The van der Waals surface area contributed by atoms with Crippen molar-refractivity contribution in [3.05, 3.63) is 46.3 Å². The second kappa shape index (κ2) is 15.1. The Morgan fingerprint density at radius 1 is 1.08 bits per heavy atom. The van der Waals surface area contributed by atoms with Crippen molar-refractivity contribution < 1.29 is 19.0 Å². The largest absolute Gasteiger partial charge is 0.379 e. The highest BCUT2D eigenvalue weighted by atomic mass is 16.5. The molecule has 9 nitrogen and oxygen atoms in total. The number of hydrogen-bond donors (Lipinski definition) is 2. The Labute approximate surface area is 153 Å². The highest BCUT2D eigenvalue weighted by Crippen LogP contribution is 2.01. The summed E-state index contributed by atoms with van der Waals surface area (Å²) in [7, 11) is 0. The molecule has 1 rings (SSSR count). The summed E-state index contributed by atoms with van der Waals surface area (Å²) in [6.07, 6.45) is 0.506. The first-order chi connectivity index (χ1) is 12.7. The number of benzene rings is 1. The smallest absolute Gasteiger partial charge is 0.237 e. The Balaban J connectivity index is 1.90. The van der Waals surface area contributed by atoms with Gasteiger partial charge < -0.3 is 25.3 Å². The van der Waals surface area contributed by atoms with Crippen molar-refractivity contribution in [1.82, 2.24) is 5.32 Å². The van der Waals surface area contributed by atoms with Crippen LogP contribution in [0.5, 0.6) is 0 Å². The number of hydrogen-bond acceptors (Lipinski definition) is 6. The third-order valence-electron chi connectivity index (χ3n) is 3.32. The maximum absolute atomic E-state index is 11.9. The minimum absolute atomic E-state index is 0.188. The van der Waals surface area contributed by atoms with Crippen LogP contribution in [-0.4, -0.2) is 64.7 Å². The Bertz CT molecular complexity index is 537. The zero-order valence-electron chi connectivity index (χ0n) is 14.9. The molecule has 0 fully saturated rings. The van der Waals surface area contributed by atoms with E-state index in [-0.39, 0.29) is 5.91 Å². The van der Waals surface area contributed by atoms with Gasteiger partial charge >= 0.3 is 0 Å². The van der Waals surface area contributed by atoms with Gasteiger partial charge in [-0.3, -0.25) is 4.79 Å². The normalized spacial score (nSPS) is 11.6. The topological polar surface area (TPSA) is 132 Å². The molecule has 0 aromatic heterocycles. The van der Waals surface area contributed by atoms with Gasteiger partial charge in [-0.1, -0.05) is 35.4 Å². The maximum atomic E-state index is 11.9. The number of nitrogens with zero attached hydrogens (tertiary/aromatic N) is 3. The lowest BCUT2D eigenvalue weighted by molar-refractivity contribution is -0.122. The van der Waals surface area contributed by atoms with E-state index in [1.165, 1.54) is 0 Å². The van der Waals surface area contributed by atoms with Crippen molar-refractivity contribution in [1.29, 1.82) is 0 Å². The molecule has 0 aliphatic heterocycles. The number of rotatable bonds is 15. The molecule has 0 saturated heterocycles. The van der Waals surface area contributed by atoms with Crippen LogP contribution < -0.4 is 11.1 Å². The Kier molecular flexibility index (Phi) is 12.7. The van der Waals surface area contributed by atoms with Gasteiger partial charge in [-0.25, -0.2) is 0 Å². The van der Waals surface area contributed by atoms with E-state index in [0.29, 0.717) is 59.2 Å². The van der Waals surface area contributed by atoms with E-state index in [0.717, 1.165) is 5.56 Å². The molecule has 0 aliphatic rings. The van der Waals surface area contributed by atoms with Crippen LogP contribution >= 0.6 is 0 Å². The summed E-state index contributed by atoms with van der Waals surface area (Å²) in [4.78, 5) is 14.5. The monoisotopic (exact) mass is 365 g/mol. The standard InChI is InChI=1S/C17H27N5O4/c18-16(14-15-4-2-1-3-5-15)17(23)20-6-8-24-10-12-26-13-11-25-9-7-21-22-19/h1-5,16H,6-14,18H2,(H,20,23). The van der Waals surface area contributed by atoms with E-state index in [4.69, 9.17) is 25.5 Å². The van der Waals surface area contributed by atoms with Gasteiger partial charge in [-0.05, 0) is 17.5 Å².